The average molecular weight is 241 g/mol. The second-order valence-electron chi connectivity index (χ2n) is 4.39. The fourth-order valence-electron chi connectivity index (χ4n) is 2.14. The van der Waals surface area contributed by atoms with Crippen LogP contribution in [0.3, 0.4) is 0 Å². The van der Waals surface area contributed by atoms with Crippen molar-refractivity contribution in [3.63, 3.8) is 0 Å². The molecule has 0 atom stereocenters. The van der Waals surface area contributed by atoms with Gasteiger partial charge in [0, 0.05) is 37.9 Å². The van der Waals surface area contributed by atoms with Gasteiger partial charge >= 0.3 is 0 Å². The summed E-state index contributed by atoms with van der Waals surface area (Å²) in [6.45, 7) is 2.11. The topological polar surface area (TPSA) is 54.8 Å². The lowest BCUT2D eigenvalue weighted by Gasteiger charge is -2.26. The molecule has 0 aromatic carbocycles. The standard InChI is InChI=1S/C13H15N5/c1-2-7-18(8-3-1)13-16-9-11(10-17-13)12-14-5-4-6-15-12/h4-6,9-10H,1-3,7-8H2. The van der Waals surface area contributed by atoms with E-state index in [0.717, 1.165) is 24.6 Å². The molecule has 18 heavy (non-hydrogen) atoms. The van der Waals surface area contributed by atoms with Crippen LogP contribution in [-0.4, -0.2) is 33.0 Å². The largest absolute Gasteiger partial charge is 0.341 e. The first kappa shape index (κ1) is 11.1. The molecule has 0 unspecified atom stereocenters. The van der Waals surface area contributed by atoms with Crippen molar-refractivity contribution in [2.24, 2.45) is 0 Å². The van der Waals surface area contributed by atoms with Crippen LogP contribution in [0.2, 0.25) is 0 Å². The molecule has 5 heteroatoms. The van der Waals surface area contributed by atoms with Crippen molar-refractivity contribution < 1.29 is 0 Å². The average Bonchev–Trinajstić information content (AvgIpc) is 2.49. The van der Waals surface area contributed by atoms with Gasteiger partial charge in [-0.1, -0.05) is 0 Å². The monoisotopic (exact) mass is 241 g/mol. The van der Waals surface area contributed by atoms with Crippen LogP contribution in [-0.2, 0) is 0 Å². The third-order valence-corrected chi connectivity index (χ3v) is 3.10. The summed E-state index contributed by atoms with van der Waals surface area (Å²) in [6.07, 6.45) is 10.8. The molecule has 1 saturated heterocycles. The van der Waals surface area contributed by atoms with Crippen LogP contribution in [0.1, 0.15) is 19.3 Å². The van der Waals surface area contributed by atoms with E-state index >= 15 is 0 Å². The van der Waals surface area contributed by atoms with E-state index < -0.39 is 0 Å². The van der Waals surface area contributed by atoms with Gasteiger partial charge in [0.15, 0.2) is 5.82 Å². The van der Waals surface area contributed by atoms with Crippen molar-refractivity contribution in [1.82, 2.24) is 19.9 Å². The summed E-state index contributed by atoms with van der Waals surface area (Å²) >= 11 is 0. The molecule has 0 saturated carbocycles. The first-order valence-electron chi connectivity index (χ1n) is 6.28. The van der Waals surface area contributed by atoms with Gasteiger partial charge in [-0.2, -0.15) is 0 Å². The van der Waals surface area contributed by atoms with E-state index in [4.69, 9.17) is 0 Å². The molecular formula is C13H15N5. The number of hydrogen-bond acceptors (Lipinski definition) is 5. The van der Waals surface area contributed by atoms with Crippen molar-refractivity contribution in [2.45, 2.75) is 19.3 Å². The maximum atomic E-state index is 4.41. The zero-order valence-electron chi connectivity index (χ0n) is 10.2. The first-order valence-corrected chi connectivity index (χ1v) is 6.28. The highest BCUT2D eigenvalue weighted by molar-refractivity contribution is 5.52. The van der Waals surface area contributed by atoms with Gasteiger partial charge in [-0.05, 0) is 25.3 Å². The van der Waals surface area contributed by atoms with Gasteiger partial charge in [0.2, 0.25) is 5.95 Å². The summed E-state index contributed by atoms with van der Waals surface area (Å²) in [5.74, 6) is 1.48. The van der Waals surface area contributed by atoms with Crippen LogP contribution < -0.4 is 4.90 Å². The van der Waals surface area contributed by atoms with E-state index in [-0.39, 0.29) is 0 Å². The molecule has 0 spiro atoms. The molecule has 0 radical (unpaired) electrons. The summed E-state index contributed by atoms with van der Waals surface area (Å²) in [5, 5.41) is 0. The summed E-state index contributed by atoms with van der Waals surface area (Å²) in [7, 11) is 0. The van der Waals surface area contributed by atoms with E-state index in [1.807, 2.05) is 0 Å². The van der Waals surface area contributed by atoms with Gasteiger partial charge in [0.25, 0.3) is 0 Å². The van der Waals surface area contributed by atoms with E-state index in [0.29, 0.717) is 5.82 Å². The lowest BCUT2D eigenvalue weighted by Crippen LogP contribution is -2.30. The van der Waals surface area contributed by atoms with Crippen LogP contribution in [0.5, 0.6) is 0 Å². The van der Waals surface area contributed by atoms with Crippen molar-refractivity contribution in [2.75, 3.05) is 18.0 Å². The summed E-state index contributed by atoms with van der Waals surface area (Å²) in [5.41, 5.74) is 0.858. The molecule has 3 heterocycles. The molecule has 2 aromatic rings. The summed E-state index contributed by atoms with van der Waals surface area (Å²) < 4.78 is 0. The molecular weight excluding hydrogens is 226 g/mol. The fraction of sp³-hybridized carbons (Fsp3) is 0.385. The van der Waals surface area contributed by atoms with E-state index in [1.54, 1.807) is 30.9 Å². The quantitative estimate of drug-likeness (QED) is 0.804. The smallest absolute Gasteiger partial charge is 0.225 e. The highest BCUT2D eigenvalue weighted by Gasteiger charge is 2.13. The lowest BCUT2D eigenvalue weighted by molar-refractivity contribution is 0.568. The molecule has 3 rings (SSSR count). The summed E-state index contributed by atoms with van der Waals surface area (Å²) in [4.78, 5) is 19.4. The zero-order valence-corrected chi connectivity index (χ0v) is 10.2. The Hall–Kier alpha value is -2.04. The number of aromatic nitrogens is 4. The Morgan fingerprint density at radius 3 is 2.17 bits per heavy atom. The van der Waals surface area contributed by atoms with E-state index in [9.17, 15) is 0 Å². The van der Waals surface area contributed by atoms with E-state index in [1.165, 1.54) is 19.3 Å². The van der Waals surface area contributed by atoms with Crippen molar-refractivity contribution in [3.05, 3.63) is 30.9 Å². The maximum absolute atomic E-state index is 4.41. The number of anilines is 1. The second-order valence-corrected chi connectivity index (χ2v) is 4.39. The highest BCUT2D eigenvalue weighted by Crippen LogP contribution is 2.17. The van der Waals surface area contributed by atoms with Gasteiger partial charge in [-0.25, -0.2) is 19.9 Å². The molecule has 0 N–H and O–H groups in total. The van der Waals surface area contributed by atoms with Crippen LogP contribution in [0.15, 0.2) is 30.9 Å². The Balaban J connectivity index is 1.80. The zero-order chi connectivity index (χ0) is 12.2. The predicted molar refractivity (Wildman–Crippen MR) is 69.1 cm³/mol. The van der Waals surface area contributed by atoms with Gasteiger partial charge < -0.3 is 4.90 Å². The number of piperidine rings is 1. The Morgan fingerprint density at radius 2 is 1.50 bits per heavy atom. The van der Waals surface area contributed by atoms with Crippen molar-refractivity contribution >= 4 is 5.95 Å². The molecule has 0 bridgehead atoms. The van der Waals surface area contributed by atoms with Gasteiger partial charge in [-0.3, -0.25) is 0 Å². The molecule has 2 aromatic heterocycles. The van der Waals surface area contributed by atoms with Crippen molar-refractivity contribution in [3.8, 4) is 11.4 Å². The maximum Gasteiger partial charge on any atom is 0.225 e. The SMILES string of the molecule is c1cnc(-c2cnc(N3CCCCC3)nc2)nc1. The van der Waals surface area contributed by atoms with Crippen LogP contribution in [0.25, 0.3) is 11.4 Å². The fourth-order valence-corrected chi connectivity index (χ4v) is 2.14. The Kier molecular flexibility index (Phi) is 3.12. The minimum Gasteiger partial charge on any atom is -0.341 e. The Morgan fingerprint density at radius 1 is 0.833 bits per heavy atom. The summed E-state index contributed by atoms with van der Waals surface area (Å²) in [6, 6.07) is 1.80. The molecule has 1 aliphatic heterocycles. The molecule has 92 valence electrons. The lowest BCUT2D eigenvalue weighted by atomic mass is 10.1. The van der Waals surface area contributed by atoms with Gasteiger partial charge in [0.1, 0.15) is 0 Å². The third-order valence-electron chi connectivity index (χ3n) is 3.10. The third kappa shape index (κ3) is 2.30. The molecule has 5 nitrogen and oxygen atoms in total. The van der Waals surface area contributed by atoms with E-state index in [2.05, 4.69) is 24.8 Å². The van der Waals surface area contributed by atoms with Crippen LogP contribution >= 0.6 is 0 Å². The van der Waals surface area contributed by atoms with Gasteiger partial charge in [0.05, 0.1) is 5.56 Å². The normalized spacial score (nSPS) is 15.7. The Labute approximate surface area is 106 Å². The molecule has 0 aliphatic carbocycles. The molecule has 0 amide bonds. The van der Waals surface area contributed by atoms with Crippen molar-refractivity contribution in [1.29, 1.82) is 0 Å². The predicted octanol–water partition coefficient (Wildman–Crippen LogP) is 1.92. The minimum atomic E-state index is 0.669. The minimum absolute atomic E-state index is 0.669. The second kappa shape index (κ2) is 5.08. The number of hydrogen-bond donors (Lipinski definition) is 0. The number of nitrogens with zero attached hydrogens (tertiary/aromatic N) is 5. The molecule has 1 aliphatic rings. The highest BCUT2D eigenvalue weighted by atomic mass is 15.2. The number of rotatable bonds is 2. The first-order chi connectivity index (χ1) is 8.93. The van der Waals surface area contributed by atoms with Gasteiger partial charge in [-0.15, -0.1) is 0 Å². The van der Waals surface area contributed by atoms with Crippen LogP contribution in [0, 0.1) is 0 Å². The van der Waals surface area contributed by atoms with Crippen LogP contribution in [0.4, 0.5) is 5.95 Å². The Bertz CT molecular complexity index is 491. The molecule has 1 fully saturated rings.